The third kappa shape index (κ3) is 5.42. The topological polar surface area (TPSA) is 15.3 Å². The first-order valence-corrected chi connectivity index (χ1v) is 7.84. The summed E-state index contributed by atoms with van der Waals surface area (Å²) in [6, 6.07) is 6.43. The van der Waals surface area contributed by atoms with E-state index in [2.05, 4.69) is 49.2 Å². The second kappa shape index (κ2) is 9.22. The molecule has 3 heteroatoms. The van der Waals surface area contributed by atoms with E-state index < -0.39 is 0 Å². The molecule has 0 aliphatic rings. The molecule has 0 spiro atoms. The summed E-state index contributed by atoms with van der Waals surface area (Å²) in [6.07, 6.45) is 3.59. The van der Waals surface area contributed by atoms with Gasteiger partial charge in [0.15, 0.2) is 0 Å². The summed E-state index contributed by atoms with van der Waals surface area (Å²) in [5.74, 6) is 0. The Hall–Kier alpha value is -0.730. The van der Waals surface area contributed by atoms with Gasteiger partial charge in [-0.1, -0.05) is 37.9 Å². The molecule has 1 rings (SSSR count). The van der Waals surface area contributed by atoms with Crippen molar-refractivity contribution in [3.8, 4) is 0 Å². The molecule has 0 aromatic heterocycles. The standard InChI is InChI=1S/C16H27ClN2/c1-4-7-11-19(6-3)16-9-8-14(12-15(16)17)13-18-10-5-2/h8-9,12,18H,4-7,10-11,13H2,1-3H3. The number of anilines is 1. The number of halogens is 1. The van der Waals surface area contributed by atoms with Crippen molar-refractivity contribution in [3.63, 3.8) is 0 Å². The first kappa shape index (κ1) is 16.3. The number of nitrogens with zero attached hydrogens (tertiary/aromatic N) is 1. The van der Waals surface area contributed by atoms with Crippen LogP contribution in [0.3, 0.4) is 0 Å². The minimum atomic E-state index is 0.869. The zero-order valence-electron chi connectivity index (χ0n) is 12.5. The van der Waals surface area contributed by atoms with Crippen molar-refractivity contribution in [2.45, 2.75) is 46.6 Å². The smallest absolute Gasteiger partial charge is 0.0642 e. The van der Waals surface area contributed by atoms with Gasteiger partial charge < -0.3 is 10.2 Å². The second-order valence-corrected chi connectivity index (χ2v) is 5.30. The van der Waals surface area contributed by atoms with Gasteiger partial charge in [0.1, 0.15) is 0 Å². The fourth-order valence-electron chi connectivity index (χ4n) is 2.12. The van der Waals surface area contributed by atoms with Gasteiger partial charge in [0.25, 0.3) is 0 Å². The molecule has 2 nitrogen and oxygen atoms in total. The van der Waals surface area contributed by atoms with Gasteiger partial charge in [0, 0.05) is 19.6 Å². The second-order valence-electron chi connectivity index (χ2n) is 4.90. The Kier molecular flexibility index (Phi) is 7.92. The van der Waals surface area contributed by atoms with Crippen molar-refractivity contribution in [2.24, 2.45) is 0 Å². The number of benzene rings is 1. The minimum Gasteiger partial charge on any atom is -0.371 e. The lowest BCUT2D eigenvalue weighted by Gasteiger charge is -2.24. The molecule has 0 heterocycles. The van der Waals surface area contributed by atoms with Crippen molar-refractivity contribution in [1.29, 1.82) is 0 Å². The predicted molar refractivity (Wildman–Crippen MR) is 86.2 cm³/mol. The highest BCUT2D eigenvalue weighted by atomic mass is 35.5. The van der Waals surface area contributed by atoms with Crippen LogP contribution in [-0.2, 0) is 6.54 Å². The summed E-state index contributed by atoms with van der Waals surface area (Å²) < 4.78 is 0. The Morgan fingerprint density at radius 1 is 1.16 bits per heavy atom. The Morgan fingerprint density at radius 3 is 2.53 bits per heavy atom. The van der Waals surface area contributed by atoms with Gasteiger partial charge in [-0.15, -0.1) is 0 Å². The zero-order valence-corrected chi connectivity index (χ0v) is 13.3. The van der Waals surface area contributed by atoms with Crippen LogP contribution < -0.4 is 10.2 Å². The van der Waals surface area contributed by atoms with E-state index in [9.17, 15) is 0 Å². The van der Waals surface area contributed by atoms with E-state index in [1.54, 1.807) is 0 Å². The van der Waals surface area contributed by atoms with E-state index in [1.807, 2.05) is 0 Å². The molecule has 108 valence electrons. The zero-order chi connectivity index (χ0) is 14.1. The van der Waals surface area contributed by atoms with E-state index in [1.165, 1.54) is 18.4 Å². The average Bonchev–Trinajstić information content (AvgIpc) is 2.41. The molecular formula is C16H27ClN2. The third-order valence-corrected chi connectivity index (χ3v) is 3.57. The largest absolute Gasteiger partial charge is 0.371 e. The molecule has 0 saturated carbocycles. The normalized spacial score (nSPS) is 10.7. The maximum Gasteiger partial charge on any atom is 0.0642 e. The number of hydrogen-bond acceptors (Lipinski definition) is 2. The predicted octanol–water partition coefficient (Wildman–Crippen LogP) is 4.47. The van der Waals surface area contributed by atoms with Crippen LogP contribution in [0.4, 0.5) is 5.69 Å². The Labute approximate surface area is 123 Å². The first-order chi connectivity index (χ1) is 9.22. The van der Waals surface area contributed by atoms with Crippen molar-refractivity contribution < 1.29 is 0 Å². The van der Waals surface area contributed by atoms with Crippen LogP contribution in [0.1, 0.15) is 45.6 Å². The molecule has 0 unspecified atom stereocenters. The molecule has 0 aliphatic carbocycles. The molecule has 1 N–H and O–H groups in total. The maximum absolute atomic E-state index is 6.43. The van der Waals surface area contributed by atoms with Crippen LogP contribution in [0.25, 0.3) is 0 Å². The number of hydrogen-bond donors (Lipinski definition) is 1. The summed E-state index contributed by atoms with van der Waals surface area (Å²) in [5, 5.41) is 4.27. The molecular weight excluding hydrogens is 256 g/mol. The molecule has 0 fully saturated rings. The minimum absolute atomic E-state index is 0.869. The summed E-state index contributed by atoms with van der Waals surface area (Å²) in [6.45, 7) is 10.6. The van der Waals surface area contributed by atoms with Gasteiger partial charge in [-0.2, -0.15) is 0 Å². The molecule has 0 amide bonds. The van der Waals surface area contributed by atoms with Crippen LogP contribution >= 0.6 is 11.6 Å². The van der Waals surface area contributed by atoms with E-state index in [4.69, 9.17) is 11.6 Å². The van der Waals surface area contributed by atoms with Gasteiger partial charge in [-0.25, -0.2) is 0 Å². The summed E-state index contributed by atoms with van der Waals surface area (Å²) >= 11 is 6.43. The maximum atomic E-state index is 6.43. The van der Waals surface area contributed by atoms with Gasteiger partial charge in [-0.05, 0) is 44.0 Å². The van der Waals surface area contributed by atoms with Gasteiger partial charge in [-0.3, -0.25) is 0 Å². The fraction of sp³-hybridized carbons (Fsp3) is 0.625. The van der Waals surface area contributed by atoms with Gasteiger partial charge in [0.05, 0.1) is 10.7 Å². The highest BCUT2D eigenvalue weighted by molar-refractivity contribution is 6.33. The van der Waals surface area contributed by atoms with Crippen LogP contribution in [0.2, 0.25) is 5.02 Å². The fourth-order valence-corrected chi connectivity index (χ4v) is 2.45. The summed E-state index contributed by atoms with van der Waals surface area (Å²) in [5.41, 5.74) is 2.42. The van der Waals surface area contributed by atoms with Crippen molar-refractivity contribution in [1.82, 2.24) is 5.32 Å². The third-order valence-electron chi connectivity index (χ3n) is 3.27. The molecule has 19 heavy (non-hydrogen) atoms. The van der Waals surface area contributed by atoms with Crippen molar-refractivity contribution >= 4 is 17.3 Å². The van der Waals surface area contributed by atoms with Crippen molar-refractivity contribution in [2.75, 3.05) is 24.5 Å². The summed E-state index contributed by atoms with van der Waals surface area (Å²) in [4.78, 5) is 2.36. The van der Waals surface area contributed by atoms with E-state index >= 15 is 0 Å². The van der Waals surface area contributed by atoms with Crippen LogP contribution in [0.5, 0.6) is 0 Å². The van der Waals surface area contributed by atoms with Crippen LogP contribution in [-0.4, -0.2) is 19.6 Å². The lowest BCUT2D eigenvalue weighted by Crippen LogP contribution is -2.24. The van der Waals surface area contributed by atoms with E-state index in [0.717, 1.165) is 43.3 Å². The highest BCUT2D eigenvalue weighted by Gasteiger charge is 2.08. The lowest BCUT2D eigenvalue weighted by molar-refractivity contribution is 0.675. The quantitative estimate of drug-likeness (QED) is 0.673. The SMILES string of the molecule is CCCCN(CC)c1ccc(CNCCC)cc1Cl. The number of rotatable bonds is 9. The molecule has 0 atom stereocenters. The average molecular weight is 283 g/mol. The Morgan fingerprint density at radius 2 is 1.95 bits per heavy atom. The monoisotopic (exact) mass is 282 g/mol. The number of nitrogens with one attached hydrogen (secondary N) is 1. The van der Waals surface area contributed by atoms with Crippen LogP contribution in [0, 0.1) is 0 Å². The molecule has 1 aromatic carbocycles. The first-order valence-electron chi connectivity index (χ1n) is 7.47. The van der Waals surface area contributed by atoms with Crippen molar-refractivity contribution in [3.05, 3.63) is 28.8 Å². The molecule has 1 aromatic rings. The van der Waals surface area contributed by atoms with E-state index in [-0.39, 0.29) is 0 Å². The molecule has 0 radical (unpaired) electrons. The van der Waals surface area contributed by atoms with E-state index in [0.29, 0.717) is 0 Å². The number of unbranched alkanes of at least 4 members (excludes halogenated alkanes) is 1. The molecule has 0 saturated heterocycles. The van der Waals surface area contributed by atoms with Gasteiger partial charge >= 0.3 is 0 Å². The molecule has 0 bridgehead atoms. The Bertz CT molecular complexity index is 366. The summed E-state index contributed by atoms with van der Waals surface area (Å²) in [7, 11) is 0. The Balaban J connectivity index is 2.69. The molecule has 0 aliphatic heterocycles. The lowest BCUT2D eigenvalue weighted by atomic mass is 10.1. The van der Waals surface area contributed by atoms with Crippen LogP contribution in [0.15, 0.2) is 18.2 Å². The van der Waals surface area contributed by atoms with Gasteiger partial charge in [0.2, 0.25) is 0 Å². The highest BCUT2D eigenvalue weighted by Crippen LogP contribution is 2.27.